The van der Waals surface area contributed by atoms with Crippen molar-refractivity contribution in [2.75, 3.05) is 21.3 Å². The van der Waals surface area contributed by atoms with Gasteiger partial charge >= 0.3 is 5.97 Å². The number of carbonyl (C=O) groups is 1. The zero-order valence-corrected chi connectivity index (χ0v) is 20.1. The Morgan fingerprint density at radius 1 is 1.23 bits per heavy atom. The van der Waals surface area contributed by atoms with E-state index in [0.717, 1.165) is 55.8 Å². The molecule has 1 aliphatic heterocycles. The van der Waals surface area contributed by atoms with Gasteiger partial charge in [0.05, 0.1) is 14.2 Å². The van der Waals surface area contributed by atoms with Gasteiger partial charge in [0.2, 0.25) is 0 Å². The molecule has 31 heavy (non-hydrogen) atoms. The third kappa shape index (κ3) is 4.77. The molecule has 1 heterocycles. The van der Waals surface area contributed by atoms with Crippen LogP contribution in [0.4, 0.5) is 0 Å². The Balaban J connectivity index is 1.84. The van der Waals surface area contributed by atoms with Crippen LogP contribution >= 0.6 is 0 Å². The first kappa shape index (κ1) is 23.6. The van der Waals surface area contributed by atoms with Crippen LogP contribution in [0.15, 0.2) is 30.0 Å². The topological polar surface area (TPSA) is 48.0 Å². The molecule has 2 aliphatic rings. The van der Waals surface area contributed by atoms with Crippen molar-refractivity contribution in [1.29, 1.82) is 0 Å². The molecule has 0 aromatic heterocycles. The maximum atomic E-state index is 12.6. The molecule has 5 nitrogen and oxygen atoms in total. The van der Waals surface area contributed by atoms with E-state index in [-0.39, 0.29) is 17.4 Å². The van der Waals surface area contributed by atoms with Crippen LogP contribution in [0.25, 0.3) is 0 Å². The molecule has 0 spiro atoms. The van der Waals surface area contributed by atoms with Gasteiger partial charge in [-0.25, -0.2) is 0 Å². The molecule has 0 radical (unpaired) electrons. The summed E-state index contributed by atoms with van der Waals surface area (Å²) < 4.78 is 16.9. The first-order valence-electron chi connectivity index (χ1n) is 11.7. The number of rotatable bonds is 9. The maximum absolute atomic E-state index is 12.6. The lowest BCUT2D eigenvalue weighted by Crippen LogP contribution is -2.43. The van der Waals surface area contributed by atoms with Crippen molar-refractivity contribution in [1.82, 2.24) is 4.90 Å². The second kappa shape index (κ2) is 10.1. The van der Waals surface area contributed by atoms with Crippen LogP contribution in [0.1, 0.15) is 71.3 Å². The van der Waals surface area contributed by atoms with E-state index in [1.807, 2.05) is 6.07 Å². The first-order chi connectivity index (χ1) is 14.9. The summed E-state index contributed by atoms with van der Waals surface area (Å²) >= 11 is 0. The lowest BCUT2D eigenvalue weighted by atomic mass is 9.67. The Hall–Kier alpha value is -2.01. The van der Waals surface area contributed by atoms with E-state index >= 15 is 0 Å². The van der Waals surface area contributed by atoms with Gasteiger partial charge in [0.1, 0.15) is 5.76 Å². The number of esters is 1. The summed E-state index contributed by atoms with van der Waals surface area (Å²) in [6, 6.07) is 6.93. The van der Waals surface area contributed by atoms with Crippen molar-refractivity contribution < 1.29 is 19.0 Å². The van der Waals surface area contributed by atoms with Gasteiger partial charge in [-0.05, 0) is 56.5 Å². The molecule has 1 aromatic carbocycles. The molecule has 2 unspecified atom stereocenters. The van der Waals surface area contributed by atoms with Gasteiger partial charge in [0.15, 0.2) is 11.5 Å². The summed E-state index contributed by atoms with van der Waals surface area (Å²) in [5, 5.41) is 0. The minimum atomic E-state index is -0.0844. The Bertz CT molecular complexity index is 805. The minimum absolute atomic E-state index is 0.0161. The number of likely N-dealkylation sites (tertiary alicyclic amines) is 1. The largest absolute Gasteiger partial charge is 0.493 e. The molecule has 0 bridgehead atoms. The molecule has 1 fully saturated rings. The lowest BCUT2D eigenvalue weighted by molar-refractivity contribution is -0.141. The molecule has 0 amide bonds. The van der Waals surface area contributed by atoms with E-state index in [4.69, 9.17) is 14.2 Å². The number of ether oxygens (including phenoxy) is 3. The van der Waals surface area contributed by atoms with Gasteiger partial charge < -0.3 is 14.2 Å². The highest BCUT2D eigenvalue weighted by Gasteiger charge is 2.51. The zero-order valence-electron chi connectivity index (χ0n) is 20.1. The van der Waals surface area contributed by atoms with Crippen molar-refractivity contribution in [3.8, 4) is 11.5 Å². The lowest BCUT2D eigenvalue weighted by Gasteiger charge is -2.40. The molecule has 0 N–H and O–H groups in total. The summed E-state index contributed by atoms with van der Waals surface area (Å²) in [6.45, 7) is 6.60. The molecule has 1 aliphatic carbocycles. The summed E-state index contributed by atoms with van der Waals surface area (Å²) in [5.41, 5.74) is 1.25. The van der Waals surface area contributed by atoms with Crippen molar-refractivity contribution >= 4 is 5.97 Å². The van der Waals surface area contributed by atoms with Crippen LogP contribution < -0.4 is 9.47 Å². The van der Waals surface area contributed by atoms with Gasteiger partial charge in [0.25, 0.3) is 0 Å². The number of nitrogens with zero attached hydrogens (tertiary/aromatic N) is 1. The van der Waals surface area contributed by atoms with Crippen LogP contribution in [0, 0.1) is 5.92 Å². The Kier molecular flexibility index (Phi) is 7.68. The van der Waals surface area contributed by atoms with Crippen molar-refractivity contribution in [2.45, 2.75) is 83.2 Å². The number of fused-ring (bicyclic) bond motifs is 1. The van der Waals surface area contributed by atoms with Crippen LogP contribution in [0.5, 0.6) is 11.5 Å². The highest BCUT2D eigenvalue weighted by Crippen LogP contribution is 2.51. The average Bonchev–Trinajstić information content (AvgIpc) is 3.03. The third-order valence-electron chi connectivity index (χ3n) is 7.45. The number of allylic oxidation sites excluding steroid dienone is 1. The van der Waals surface area contributed by atoms with E-state index < -0.39 is 0 Å². The smallest absolute Gasteiger partial charge is 0.311 e. The fraction of sp³-hybridized carbons (Fsp3) is 0.654. The number of methoxy groups -OCH3 is 2. The monoisotopic (exact) mass is 429 g/mol. The van der Waals surface area contributed by atoms with E-state index in [0.29, 0.717) is 18.4 Å². The number of carbonyl (C=O) groups excluding carboxylic acids is 1. The van der Waals surface area contributed by atoms with Gasteiger partial charge in [-0.3, -0.25) is 9.69 Å². The van der Waals surface area contributed by atoms with Crippen LogP contribution in [0.2, 0.25) is 0 Å². The summed E-state index contributed by atoms with van der Waals surface area (Å²) in [6.07, 6.45) is 8.71. The SMILES string of the molecule is CCCC(CC)CC(=O)OC1=C[C@@H]2N(C)C(C)C[C@]2(c2ccc(OC)c(OC)c2)CC1. The standard InChI is InChI=1S/C26H39NO4/c1-7-9-19(8-2)14-25(28)31-21-12-13-26(17-18(3)27(4)24(26)16-21)20-10-11-22(29-5)23(15-20)30-6/h10-11,15-16,18-19,24H,7-9,12-14,17H2,1-6H3/t18?,19?,24-,26-/m0/s1. The molecule has 0 saturated carbocycles. The maximum Gasteiger partial charge on any atom is 0.311 e. The van der Waals surface area contributed by atoms with E-state index in [2.05, 4.69) is 50.9 Å². The van der Waals surface area contributed by atoms with E-state index in [1.54, 1.807) is 14.2 Å². The van der Waals surface area contributed by atoms with Gasteiger partial charge in [-0.2, -0.15) is 0 Å². The fourth-order valence-electron chi connectivity index (χ4n) is 5.53. The Morgan fingerprint density at radius 3 is 2.61 bits per heavy atom. The molecule has 1 saturated heterocycles. The second-order valence-electron chi connectivity index (χ2n) is 9.26. The van der Waals surface area contributed by atoms with Crippen molar-refractivity contribution in [3.05, 3.63) is 35.6 Å². The molecule has 1 aromatic rings. The minimum Gasteiger partial charge on any atom is -0.493 e. The highest BCUT2D eigenvalue weighted by molar-refractivity contribution is 5.71. The molecule has 5 heteroatoms. The van der Waals surface area contributed by atoms with Gasteiger partial charge in [0, 0.05) is 30.3 Å². The predicted octanol–water partition coefficient (Wildman–Crippen LogP) is 5.47. The van der Waals surface area contributed by atoms with Crippen molar-refractivity contribution in [3.63, 3.8) is 0 Å². The number of hydrogen-bond acceptors (Lipinski definition) is 5. The normalized spacial score (nSPS) is 26.7. The molecule has 172 valence electrons. The second-order valence-corrected chi connectivity index (χ2v) is 9.26. The van der Waals surface area contributed by atoms with Crippen LogP contribution in [-0.2, 0) is 14.9 Å². The number of likely N-dealkylation sites (N-methyl/N-ethyl adjacent to an activating group) is 1. The molecule has 4 atom stereocenters. The van der Waals surface area contributed by atoms with E-state index in [9.17, 15) is 4.79 Å². The molecular weight excluding hydrogens is 390 g/mol. The Morgan fingerprint density at radius 2 is 1.97 bits per heavy atom. The summed E-state index contributed by atoms with van der Waals surface area (Å²) in [4.78, 5) is 15.0. The van der Waals surface area contributed by atoms with Crippen molar-refractivity contribution in [2.24, 2.45) is 5.92 Å². The van der Waals surface area contributed by atoms with Gasteiger partial charge in [-0.15, -0.1) is 0 Å². The van der Waals surface area contributed by atoms with Crippen LogP contribution in [-0.4, -0.2) is 44.2 Å². The number of benzene rings is 1. The summed E-state index contributed by atoms with van der Waals surface area (Å²) in [5.74, 6) is 2.68. The third-order valence-corrected chi connectivity index (χ3v) is 7.45. The first-order valence-corrected chi connectivity index (χ1v) is 11.7. The summed E-state index contributed by atoms with van der Waals surface area (Å²) in [7, 11) is 5.52. The molecular formula is C26H39NO4. The highest BCUT2D eigenvalue weighted by atomic mass is 16.5. The fourth-order valence-corrected chi connectivity index (χ4v) is 5.53. The zero-order chi connectivity index (χ0) is 22.6. The average molecular weight is 430 g/mol. The van der Waals surface area contributed by atoms with Crippen LogP contribution in [0.3, 0.4) is 0 Å². The number of hydrogen-bond donors (Lipinski definition) is 0. The molecule has 3 rings (SSSR count). The van der Waals surface area contributed by atoms with E-state index in [1.165, 1.54) is 5.56 Å². The quantitative estimate of drug-likeness (QED) is 0.487. The Labute approximate surface area is 187 Å². The van der Waals surface area contributed by atoms with Gasteiger partial charge in [-0.1, -0.05) is 39.2 Å². The predicted molar refractivity (Wildman–Crippen MR) is 124 cm³/mol.